The zero-order valence-electron chi connectivity index (χ0n) is 12.0. The lowest BCUT2D eigenvalue weighted by molar-refractivity contribution is 0.475. The lowest BCUT2D eigenvalue weighted by Crippen LogP contribution is -1.99. The molecule has 0 unspecified atom stereocenters. The fourth-order valence-corrected chi connectivity index (χ4v) is 2.52. The number of aromatic hydroxyl groups is 1. The molecule has 1 heterocycles. The quantitative estimate of drug-likeness (QED) is 0.491. The van der Waals surface area contributed by atoms with Crippen LogP contribution in [0.4, 0.5) is 17.2 Å². The molecule has 0 aliphatic rings. The number of phenols is 1. The Balaban J connectivity index is 2.13. The van der Waals surface area contributed by atoms with Crippen LogP contribution in [-0.2, 0) is 0 Å². The van der Waals surface area contributed by atoms with Crippen molar-refractivity contribution in [2.24, 2.45) is 0 Å². The van der Waals surface area contributed by atoms with Crippen LogP contribution in [0.3, 0.4) is 0 Å². The molecule has 0 bridgehead atoms. The summed E-state index contributed by atoms with van der Waals surface area (Å²) >= 11 is 0. The van der Waals surface area contributed by atoms with Crippen LogP contribution in [0.2, 0.25) is 0 Å². The van der Waals surface area contributed by atoms with Gasteiger partial charge in [-0.15, -0.1) is 0 Å². The van der Waals surface area contributed by atoms with Crippen LogP contribution in [0.25, 0.3) is 10.8 Å². The molecule has 3 rings (SSSR count). The molecular formula is C17H17N3O. The predicted octanol–water partition coefficient (Wildman–Crippen LogP) is 3.88. The fourth-order valence-electron chi connectivity index (χ4n) is 2.52. The van der Waals surface area contributed by atoms with Crippen molar-refractivity contribution in [3.63, 3.8) is 0 Å². The van der Waals surface area contributed by atoms with Gasteiger partial charge in [0.2, 0.25) is 0 Å². The van der Waals surface area contributed by atoms with Gasteiger partial charge in [-0.1, -0.05) is 12.1 Å². The molecule has 3 aromatic rings. The first kappa shape index (κ1) is 13.2. The number of rotatable bonds is 2. The molecule has 0 aliphatic carbocycles. The summed E-state index contributed by atoms with van der Waals surface area (Å²) in [4.78, 5) is 4.48. The second-order valence-corrected chi connectivity index (χ2v) is 5.18. The Morgan fingerprint density at radius 2 is 1.90 bits per heavy atom. The lowest BCUT2D eigenvalue weighted by Gasteiger charge is -2.13. The van der Waals surface area contributed by atoms with E-state index >= 15 is 0 Å². The van der Waals surface area contributed by atoms with Crippen molar-refractivity contribution in [1.82, 2.24) is 4.98 Å². The van der Waals surface area contributed by atoms with Gasteiger partial charge in [0, 0.05) is 28.3 Å². The van der Waals surface area contributed by atoms with Crippen LogP contribution >= 0.6 is 0 Å². The third-order valence-corrected chi connectivity index (χ3v) is 3.60. The number of hydrogen-bond acceptors (Lipinski definition) is 4. The average Bonchev–Trinajstić information content (AvgIpc) is 2.44. The Morgan fingerprint density at radius 3 is 2.67 bits per heavy atom. The summed E-state index contributed by atoms with van der Waals surface area (Å²) in [5, 5.41) is 14.8. The highest BCUT2D eigenvalue weighted by Gasteiger charge is 2.09. The van der Waals surface area contributed by atoms with Crippen molar-refractivity contribution in [3.8, 4) is 5.75 Å². The van der Waals surface area contributed by atoms with Crippen molar-refractivity contribution in [1.29, 1.82) is 0 Å². The summed E-state index contributed by atoms with van der Waals surface area (Å²) in [6.07, 6.45) is 1.82. The van der Waals surface area contributed by atoms with Crippen molar-refractivity contribution in [2.45, 2.75) is 13.8 Å². The van der Waals surface area contributed by atoms with E-state index in [-0.39, 0.29) is 5.75 Å². The third kappa shape index (κ3) is 2.36. The number of aromatic nitrogens is 1. The molecule has 2 aromatic carbocycles. The molecule has 0 atom stereocenters. The molecule has 0 radical (unpaired) electrons. The smallest absolute Gasteiger partial charge is 0.138 e. The summed E-state index contributed by atoms with van der Waals surface area (Å²) in [6.45, 7) is 3.94. The van der Waals surface area contributed by atoms with Gasteiger partial charge >= 0.3 is 0 Å². The molecule has 4 nitrogen and oxygen atoms in total. The molecule has 0 fully saturated rings. The number of hydrogen-bond donors (Lipinski definition) is 3. The van der Waals surface area contributed by atoms with Crippen LogP contribution < -0.4 is 11.1 Å². The number of nitrogens with one attached hydrogen (secondary N) is 1. The molecule has 0 saturated heterocycles. The Hall–Kier alpha value is -2.75. The van der Waals surface area contributed by atoms with Gasteiger partial charge in [-0.25, -0.2) is 4.98 Å². The first-order chi connectivity index (χ1) is 10.1. The Kier molecular flexibility index (Phi) is 3.14. The third-order valence-electron chi connectivity index (χ3n) is 3.60. The standard InChI is InChI=1S/C17H17N3O/c1-10-8-12(21)6-7-15(10)20-17-13-4-3-5-14(18)16(13)11(2)9-19-17/h3-9,21H,18H2,1-2H3,(H,19,20). The van der Waals surface area contributed by atoms with Crippen LogP contribution in [-0.4, -0.2) is 10.1 Å². The van der Waals surface area contributed by atoms with E-state index < -0.39 is 0 Å². The molecule has 0 spiro atoms. The maximum atomic E-state index is 9.49. The number of nitrogen functional groups attached to an aromatic ring is 1. The van der Waals surface area contributed by atoms with E-state index in [9.17, 15) is 5.11 Å². The van der Waals surface area contributed by atoms with Crippen LogP contribution in [0.15, 0.2) is 42.6 Å². The number of nitrogens with two attached hydrogens (primary N) is 1. The van der Waals surface area contributed by atoms with Crippen LogP contribution in [0.5, 0.6) is 5.75 Å². The summed E-state index contributed by atoms with van der Waals surface area (Å²) in [6, 6.07) is 11.0. The number of fused-ring (bicyclic) bond motifs is 1. The molecule has 0 saturated carbocycles. The fraction of sp³-hybridized carbons (Fsp3) is 0.118. The second kappa shape index (κ2) is 4.98. The van der Waals surface area contributed by atoms with E-state index in [1.54, 1.807) is 12.1 Å². The Labute approximate surface area is 123 Å². The van der Waals surface area contributed by atoms with E-state index in [0.717, 1.165) is 39.1 Å². The van der Waals surface area contributed by atoms with Gasteiger partial charge < -0.3 is 16.2 Å². The summed E-state index contributed by atoms with van der Waals surface area (Å²) in [5.74, 6) is 1.01. The van der Waals surface area contributed by atoms with Gasteiger partial charge in [-0.3, -0.25) is 0 Å². The van der Waals surface area contributed by atoms with Crippen molar-refractivity contribution >= 4 is 28.0 Å². The van der Waals surface area contributed by atoms with Crippen molar-refractivity contribution < 1.29 is 5.11 Å². The van der Waals surface area contributed by atoms with Crippen LogP contribution in [0.1, 0.15) is 11.1 Å². The summed E-state index contributed by atoms with van der Waals surface area (Å²) in [5.41, 5.74) is 9.74. The first-order valence-corrected chi connectivity index (χ1v) is 6.76. The van der Waals surface area contributed by atoms with Crippen LogP contribution in [0, 0.1) is 13.8 Å². The molecule has 4 heteroatoms. The zero-order chi connectivity index (χ0) is 15.0. The molecule has 1 aromatic heterocycles. The average molecular weight is 279 g/mol. The molecule has 0 amide bonds. The van der Waals surface area contributed by atoms with Gasteiger partial charge in [0.1, 0.15) is 11.6 Å². The molecule has 106 valence electrons. The van der Waals surface area contributed by atoms with E-state index in [1.165, 1.54) is 0 Å². The minimum absolute atomic E-state index is 0.254. The van der Waals surface area contributed by atoms with Gasteiger partial charge in [0.25, 0.3) is 0 Å². The molecule has 0 aliphatic heterocycles. The number of aryl methyl sites for hydroxylation is 2. The number of nitrogens with zero attached hydrogens (tertiary/aromatic N) is 1. The topological polar surface area (TPSA) is 71.2 Å². The number of pyridine rings is 1. The van der Waals surface area contributed by atoms with E-state index in [2.05, 4.69) is 10.3 Å². The van der Waals surface area contributed by atoms with Gasteiger partial charge in [-0.2, -0.15) is 0 Å². The highest BCUT2D eigenvalue weighted by atomic mass is 16.3. The minimum atomic E-state index is 0.254. The predicted molar refractivity (Wildman–Crippen MR) is 87.0 cm³/mol. The summed E-state index contributed by atoms with van der Waals surface area (Å²) in [7, 11) is 0. The Bertz CT molecular complexity index is 819. The van der Waals surface area contributed by atoms with Gasteiger partial charge in [-0.05, 0) is 49.2 Å². The monoisotopic (exact) mass is 279 g/mol. The van der Waals surface area contributed by atoms with Gasteiger partial charge in [0.15, 0.2) is 0 Å². The van der Waals surface area contributed by atoms with E-state index in [4.69, 9.17) is 5.73 Å². The largest absolute Gasteiger partial charge is 0.508 e. The zero-order valence-corrected chi connectivity index (χ0v) is 12.0. The molecule has 21 heavy (non-hydrogen) atoms. The van der Waals surface area contributed by atoms with Crippen molar-refractivity contribution in [2.75, 3.05) is 11.1 Å². The maximum absolute atomic E-state index is 9.49. The summed E-state index contributed by atoms with van der Waals surface area (Å²) < 4.78 is 0. The highest BCUT2D eigenvalue weighted by Crippen LogP contribution is 2.31. The molecule has 4 N–H and O–H groups in total. The van der Waals surface area contributed by atoms with Gasteiger partial charge in [0.05, 0.1) is 0 Å². The highest BCUT2D eigenvalue weighted by molar-refractivity contribution is 6.02. The SMILES string of the molecule is Cc1cc(O)ccc1Nc1ncc(C)c2c(N)cccc12. The lowest BCUT2D eigenvalue weighted by atomic mass is 10.1. The number of phenolic OH excluding ortho intramolecular Hbond substituents is 1. The number of benzene rings is 2. The molecular weight excluding hydrogens is 262 g/mol. The van der Waals surface area contributed by atoms with E-state index in [1.807, 2.05) is 44.3 Å². The normalized spacial score (nSPS) is 10.8. The second-order valence-electron chi connectivity index (χ2n) is 5.18. The maximum Gasteiger partial charge on any atom is 0.138 e. The Morgan fingerprint density at radius 1 is 1.10 bits per heavy atom. The van der Waals surface area contributed by atoms with E-state index in [0.29, 0.717) is 0 Å². The van der Waals surface area contributed by atoms with Crippen molar-refractivity contribution in [3.05, 3.63) is 53.7 Å². The minimum Gasteiger partial charge on any atom is -0.508 e. The number of anilines is 3. The first-order valence-electron chi connectivity index (χ1n) is 6.76.